The van der Waals surface area contributed by atoms with Gasteiger partial charge in [0.05, 0.1) is 17.1 Å². The molecule has 2 fully saturated rings. The first kappa shape index (κ1) is 12.7. The zero-order valence-electron chi connectivity index (χ0n) is 10.6. The quantitative estimate of drug-likeness (QED) is 0.456. The minimum atomic E-state index is -0.413. The molecule has 0 aromatic carbocycles. The zero-order chi connectivity index (χ0) is 13.4. The zero-order valence-corrected chi connectivity index (χ0v) is 11.3. The summed E-state index contributed by atoms with van der Waals surface area (Å²) < 4.78 is 0. The SMILES string of the molecule is O=[N+]([O-])c1cc(Cl)nc(N(CC2CC2)CC2CC2)c1. The van der Waals surface area contributed by atoms with Gasteiger partial charge in [-0.15, -0.1) is 0 Å². The predicted octanol–water partition coefficient (Wildman–Crippen LogP) is 3.27. The van der Waals surface area contributed by atoms with Crippen LogP contribution in [0.5, 0.6) is 0 Å². The Labute approximate surface area is 116 Å². The second kappa shape index (κ2) is 4.96. The topological polar surface area (TPSA) is 59.3 Å². The van der Waals surface area contributed by atoms with E-state index < -0.39 is 4.92 Å². The fraction of sp³-hybridized carbons (Fsp3) is 0.615. The Balaban J connectivity index is 1.84. The number of anilines is 1. The normalized spacial score (nSPS) is 18.4. The van der Waals surface area contributed by atoms with Crippen molar-refractivity contribution in [3.63, 3.8) is 0 Å². The Morgan fingerprint density at radius 3 is 2.32 bits per heavy atom. The number of hydrogen-bond donors (Lipinski definition) is 0. The molecular weight excluding hydrogens is 266 g/mol. The molecule has 0 amide bonds. The van der Waals surface area contributed by atoms with Crippen LogP contribution in [0.1, 0.15) is 25.7 Å². The standard InChI is InChI=1S/C13H16ClN3O2/c14-12-5-11(17(18)19)6-13(15-12)16(7-9-1-2-9)8-10-3-4-10/h5-6,9-10H,1-4,7-8H2. The van der Waals surface area contributed by atoms with Crippen LogP contribution < -0.4 is 4.90 Å². The number of halogens is 1. The number of nitrogens with zero attached hydrogens (tertiary/aromatic N) is 3. The van der Waals surface area contributed by atoms with Crippen molar-refractivity contribution in [2.24, 2.45) is 11.8 Å². The lowest BCUT2D eigenvalue weighted by atomic mass is 10.3. The molecule has 0 N–H and O–H groups in total. The lowest BCUT2D eigenvalue weighted by Crippen LogP contribution is -2.29. The van der Waals surface area contributed by atoms with Crippen LogP contribution in [-0.4, -0.2) is 23.0 Å². The lowest BCUT2D eigenvalue weighted by molar-refractivity contribution is -0.384. The van der Waals surface area contributed by atoms with E-state index in [1.807, 2.05) is 0 Å². The van der Waals surface area contributed by atoms with E-state index in [0.29, 0.717) is 5.82 Å². The van der Waals surface area contributed by atoms with Gasteiger partial charge in [0.25, 0.3) is 5.69 Å². The van der Waals surface area contributed by atoms with E-state index in [2.05, 4.69) is 9.88 Å². The molecular formula is C13H16ClN3O2. The summed E-state index contributed by atoms with van der Waals surface area (Å²) in [4.78, 5) is 16.9. The maximum Gasteiger partial charge on any atom is 0.276 e. The van der Waals surface area contributed by atoms with E-state index in [1.165, 1.54) is 37.8 Å². The third-order valence-corrected chi connectivity index (χ3v) is 3.84. The van der Waals surface area contributed by atoms with Crippen molar-refractivity contribution in [3.05, 3.63) is 27.4 Å². The maximum atomic E-state index is 10.9. The molecule has 0 spiro atoms. The summed E-state index contributed by atoms with van der Waals surface area (Å²) in [5.41, 5.74) is 0.0200. The van der Waals surface area contributed by atoms with Crippen LogP contribution in [0.4, 0.5) is 11.5 Å². The van der Waals surface area contributed by atoms with Crippen LogP contribution in [0.3, 0.4) is 0 Å². The second-order valence-electron chi connectivity index (χ2n) is 5.56. The first-order valence-corrected chi connectivity index (χ1v) is 7.06. The van der Waals surface area contributed by atoms with Gasteiger partial charge >= 0.3 is 0 Å². The fourth-order valence-electron chi connectivity index (χ4n) is 2.22. The summed E-state index contributed by atoms with van der Waals surface area (Å²) in [6.45, 7) is 1.89. The summed E-state index contributed by atoms with van der Waals surface area (Å²) in [7, 11) is 0. The summed E-state index contributed by atoms with van der Waals surface area (Å²) in [6, 6.07) is 2.84. The van der Waals surface area contributed by atoms with Gasteiger partial charge < -0.3 is 4.90 Å². The molecule has 0 saturated heterocycles. The number of hydrogen-bond acceptors (Lipinski definition) is 4. The molecule has 0 atom stereocenters. The number of pyridine rings is 1. The third-order valence-electron chi connectivity index (χ3n) is 3.65. The van der Waals surface area contributed by atoms with Gasteiger partial charge in [-0.25, -0.2) is 4.98 Å². The monoisotopic (exact) mass is 281 g/mol. The van der Waals surface area contributed by atoms with E-state index in [1.54, 1.807) is 0 Å². The van der Waals surface area contributed by atoms with E-state index in [4.69, 9.17) is 11.6 Å². The van der Waals surface area contributed by atoms with Crippen molar-refractivity contribution >= 4 is 23.1 Å². The van der Waals surface area contributed by atoms with Crippen LogP contribution in [0.15, 0.2) is 12.1 Å². The van der Waals surface area contributed by atoms with Crippen molar-refractivity contribution < 1.29 is 4.92 Å². The van der Waals surface area contributed by atoms with Crippen LogP contribution in [-0.2, 0) is 0 Å². The molecule has 1 aromatic rings. The van der Waals surface area contributed by atoms with Crippen molar-refractivity contribution in [1.82, 2.24) is 4.98 Å². The second-order valence-corrected chi connectivity index (χ2v) is 5.94. The number of rotatable bonds is 6. The number of nitro groups is 1. The van der Waals surface area contributed by atoms with Crippen LogP contribution >= 0.6 is 11.6 Å². The van der Waals surface area contributed by atoms with Gasteiger partial charge in [0.2, 0.25) is 0 Å². The van der Waals surface area contributed by atoms with Gasteiger partial charge in [0.15, 0.2) is 0 Å². The smallest absolute Gasteiger partial charge is 0.276 e. The highest BCUT2D eigenvalue weighted by Crippen LogP contribution is 2.36. The van der Waals surface area contributed by atoms with Gasteiger partial charge in [-0.1, -0.05) is 11.6 Å². The third kappa shape index (κ3) is 3.35. The first-order valence-electron chi connectivity index (χ1n) is 6.69. The molecule has 0 bridgehead atoms. The van der Waals surface area contributed by atoms with Crippen molar-refractivity contribution in [2.75, 3.05) is 18.0 Å². The van der Waals surface area contributed by atoms with Crippen LogP contribution in [0.25, 0.3) is 0 Å². The van der Waals surface area contributed by atoms with E-state index in [-0.39, 0.29) is 10.8 Å². The average molecular weight is 282 g/mol. The minimum absolute atomic E-state index is 0.0200. The molecule has 3 rings (SSSR count). The average Bonchev–Trinajstić information content (AvgIpc) is 3.22. The molecule has 6 heteroatoms. The Morgan fingerprint density at radius 2 is 1.84 bits per heavy atom. The van der Waals surface area contributed by atoms with E-state index in [9.17, 15) is 10.1 Å². The van der Waals surface area contributed by atoms with Gasteiger partial charge in [0.1, 0.15) is 11.0 Å². The molecule has 5 nitrogen and oxygen atoms in total. The molecule has 1 heterocycles. The van der Waals surface area contributed by atoms with Crippen molar-refractivity contribution in [2.45, 2.75) is 25.7 Å². The van der Waals surface area contributed by atoms with Crippen LogP contribution in [0.2, 0.25) is 5.15 Å². The van der Waals surface area contributed by atoms with Gasteiger partial charge in [-0.3, -0.25) is 10.1 Å². The molecule has 2 aliphatic rings. The Bertz CT molecular complexity index is 487. The maximum absolute atomic E-state index is 10.9. The largest absolute Gasteiger partial charge is 0.356 e. The Kier molecular flexibility index (Phi) is 3.31. The van der Waals surface area contributed by atoms with E-state index >= 15 is 0 Å². The van der Waals surface area contributed by atoms with Crippen LogP contribution in [0, 0.1) is 22.0 Å². The Morgan fingerprint density at radius 1 is 1.26 bits per heavy atom. The van der Waals surface area contributed by atoms with Crippen molar-refractivity contribution in [1.29, 1.82) is 0 Å². The fourth-order valence-corrected chi connectivity index (χ4v) is 2.42. The summed E-state index contributed by atoms with van der Waals surface area (Å²) in [5, 5.41) is 11.1. The highest BCUT2D eigenvalue weighted by atomic mass is 35.5. The molecule has 2 saturated carbocycles. The predicted molar refractivity (Wildman–Crippen MR) is 73.6 cm³/mol. The highest BCUT2D eigenvalue weighted by molar-refractivity contribution is 6.29. The first-order chi connectivity index (χ1) is 9.11. The molecule has 0 radical (unpaired) electrons. The highest BCUT2D eigenvalue weighted by Gasteiger charge is 2.30. The molecule has 0 aliphatic heterocycles. The minimum Gasteiger partial charge on any atom is -0.356 e. The van der Waals surface area contributed by atoms with Gasteiger partial charge in [-0.2, -0.15) is 0 Å². The van der Waals surface area contributed by atoms with E-state index in [0.717, 1.165) is 24.9 Å². The summed E-state index contributed by atoms with van der Waals surface area (Å²) in [5.74, 6) is 2.09. The Hall–Kier alpha value is -1.36. The lowest BCUT2D eigenvalue weighted by Gasteiger charge is -2.23. The van der Waals surface area contributed by atoms with Crippen molar-refractivity contribution in [3.8, 4) is 0 Å². The molecule has 102 valence electrons. The molecule has 1 aromatic heterocycles. The summed E-state index contributed by atoms with van der Waals surface area (Å²) >= 11 is 5.90. The van der Waals surface area contributed by atoms with Gasteiger partial charge in [0, 0.05) is 13.1 Å². The molecule has 19 heavy (non-hydrogen) atoms. The molecule has 0 unspecified atom stereocenters. The van der Waals surface area contributed by atoms with Gasteiger partial charge in [-0.05, 0) is 37.5 Å². The molecule has 2 aliphatic carbocycles. The summed E-state index contributed by atoms with van der Waals surface area (Å²) in [6.07, 6.45) is 5.02. The number of aromatic nitrogens is 1.